The number of amides is 1. The van der Waals surface area contributed by atoms with Crippen LogP contribution in [0.2, 0.25) is 0 Å². The summed E-state index contributed by atoms with van der Waals surface area (Å²) in [6.07, 6.45) is 0. The molecule has 2 aromatic carbocycles. The fourth-order valence-corrected chi connectivity index (χ4v) is 2.05. The second-order valence-corrected chi connectivity index (χ2v) is 4.59. The molecule has 1 aliphatic heterocycles. The molecule has 1 heterocycles. The van der Waals surface area contributed by atoms with Crippen LogP contribution in [0.25, 0.3) is 0 Å². The Morgan fingerprint density at radius 2 is 1.68 bits per heavy atom. The summed E-state index contributed by atoms with van der Waals surface area (Å²) in [6.45, 7) is 0.182. The number of nitrogens with one attached hydrogen (secondary N) is 1. The molecule has 112 valence electrons. The summed E-state index contributed by atoms with van der Waals surface area (Å²) in [4.78, 5) is 23.5. The largest absolute Gasteiger partial charge is 0.465 e. The number of carbonyl (C=O) groups excluding carboxylic acids is 2. The van der Waals surface area contributed by atoms with Crippen LogP contribution in [0.3, 0.4) is 0 Å². The van der Waals surface area contributed by atoms with E-state index in [0.717, 1.165) is 0 Å². The lowest BCUT2D eigenvalue weighted by Gasteiger charge is -2.07. The quantitative estimate of drug-likeness (QED) is 0.881. The molecule has 0 radical (unpaired) electrons. The van der Waals surface area contributed by atoms with Gasteiger partial charge in [0.2, 0.25) is 6.79 Å². The van der Waals surface area contributed by atoms with Crippen molar-refractivity contribution in [3.05, 3.63) is 53.6 Å². The van der Waals surface area contributed by atoms with Gasteiger partial charge in [-0.05, 0) is 36.4 Å². The van der Waals surface area contributed by atoms with Crippen molar-refractivity contribution in [3.63, 3.8) is 0 Å². The smallest absolute Gasteiger partial charge is 0.337 e. The third kappa shape index (κ3) is 2.71. The van der Waals surface area contributed by atoms with Gasteiger partial charge in [0.15, 0.2) is 11.5 Å². The second-order valence-electron chi connectivity index (χ2n) is 4.59. The minimum Gasteiger partial charge on any atom is -0.465 e. The summed E-state index contributed by atoms with van der Waals surface area (Å²) in [5, 5.41) is 2.76. The van der Waals surface area contributed by atoms with Crippen LogP contribution in [0, 0.1) is 0 Å². The number of rotatable bonds is 3. The molecular formula is C16H13NO5. The van der Waals surface area contributed by atoms with Crippen molar-refractivity contribution >= 4 is 17.6 Å². The van der Waals surface area contributed by atoms with E-state index in [9.17, 15) is 9.59 Å². The Hall–Kier alpha value is -3.02. The van der Waals surface area contributed by atoms with E-state index < -0.39 is 5.97 Å². The van der Waals surface area contributed by atoms with E-state index >= 15 is 0 Å². The van der Waals surface area contributed by atoms with Crippen molar-refractivity contribution < 1.29 is 23.8 Å². The highest BCUT2D eigenvalue weighted by molar-refractivity contribution is 6.05. The van der Waals surface area contributed by atoms with Crippen LogP contribution in [0.4, 0.5) is 5.69 Å². The van der Waals surface area contributed by atoms with Crippen LogP contribution < -0.4 is 14.8 Å². The van der Waals surface area contributed by atoms with E-state index in [1.54, 1.807) is 42.5 Å². The van der Waals surface area contributed by atoms with Crippen LogP contribution in [0.5, 0.6) is 11.5 Å². The van der Waals surface area contributed by atoms with Gasteiger partial charge in [0.1, 0.15) is 0 Å². The van der Waals surface area contributed by atoms with Crippen LogP contribution in [-0.2, 0) is 4.74 Å². The summed E-state index contributed by atoms with van der Waals surface area (Å²) >= 11 is 0. The molecule has 0 saturated carbocycles. The molecule has 1 aliphatic rings. The fraction of sp³-hybridized carbons (Fsp3) is 0.125. The molecule has 0 fully saturated rings. The zero-order valence-electron chi connectivity index (χ0n) is 11.8. The lowest BCUT2D eigenvalue weighted by molar-refractivity contribution is 0.0600. The van der Waals surface area contributed by atoms with Crippen molar-refractivity contribution in [2.24, 2.45) is 0 Å². The predicted octanol–water partition coefficient (Wildman–Crippen LogP) is 2.45. The summed E-state index contributed by atoms with van der Waals surface area (Å²) in [5.41, 5.74) is 1.43. The topological polar surface area (TPSA) is 73.9 Å². The molecule has 2 aromatic rings. The molecule has 6 heteroatoms. The van der Waals surface area contributed by atoms with Crippen molar-refractivity contribution in [1.82, 2.24) is 0 Å². The maximum atomic E-state index is 12.2. The average Bonchev–Trinajstić information content (AvgIpc) is 3.02. The monoisotopic (exact) mass is 299 g/mol. The van der Waals surface area contributed by atoms with Crippen molar-refractivity contribution in [1.29, 1.82) is 0 Å². The van der Waals surface area contributed by atoms with Crippen molar-refractivity contribution in [2.75, 3.05) is 19.2 Å². The molecule has 0 spiro atoms. The number of esters is 1. The third-order valence-electron chi connectivity index (χ3n) is 3.20. The molecule has 0 unspecified atom stereocenters. The van der Waals surface area contributed by atoms with E-state index in [4.69, 9.17) is 9.47 Å². The van der Waals surface area contributed by atoms with E-state index in [0.29, 0.717) is 28.3 Å². The lowest BCUT2D eigenvalue weighted by Crippen LogP contribution is -2.12. The highest BCUT2D eigenvalue weighted by atomic mass is 16.7. The fourth-order valence-electron chi connectivity index (χ4n) is 2.05. The minimum atomic E-state index is -0.442. The predicted molar refractivity (Wildman–Crippen MR) is 78.3 cm³/mol. The van der Waals surface area contributed by atoms with E-state index in [1.165, 1.54) is 7.11 Å². The number of anilines is 1. The van der Waals surface area contributed by atoms with E-state index in [-0.39, 0.29) is 12.7 Å². The van der Waals surface area contributed by atoms with Gasteiger partial charge in [-0.3, -0.25) is 4.79 Å². The molecule has 0 saturated heterocycles. The Morgan fingerprint density at radius 1 is 1.00 bits per heavy atom. The van der Waals surface area contributed by atoms with Gasteiger partial charge in [-0.15, -0.1) is 0 Å². The first-order chi connectivity index (χ1) is 10.7. The van der Waals surface area contributed by atoms with Gasteiger partial charge in [0.25, 0.3) is 5.91 Å². The molecule has 1 amide bonds. The first-order valence-corrected chi connectivity index (χ1v) is 6.57. The van der Waals surface area contributed by atoms with Crippen molar-refractivity contribution in [2.45, 2.75) is 0 Å². The lowest BCUT2D eigenvalue weighted by atomic mass is 10.1. The van der Waals surface area contributed by atoms with Crippen LogP contribution in [-0.4, -0.2) is 25.8 Å². The Labute approximate surface area is 126 Å². The summed E-state index contributed by atoms with van der Waals surface area (Å²) in [6, 6.07) is 11.4. The molecule has 3 rings (SSSR count). The molecule has 0 bridgehead atoms. The van der Waals surface area contributed by atoms with E-state index in [1.807, 2.05) is 0 Å². The maximum absolute atomic E-state index is 12.2. The number of fused-ring (bicyclic) bond motifs is 1. The Kier molecular flexibility index (Phi) is 3.65. The van der Waals surface area contributed by atoms with Crippen molar-refractivity contribution in [3.8, 4) is 11.5 Å². The van der Waals surface area contributed by atoms with Gasteiger partial charge in [0, 0.05) is 17.3 Å². The normalized spacial score (nSPS) is 11.9. The summed E-state index contributed by atoms with van der Waals surface area (Å²) < 4.78 is 15.1. The number of carbonyl (C=O) groups is 2. The highest BCUT2D eigenvalue weighted by Gasteiger charge is 2.15. The Balaban J connectivity index is 1.73. The maximum Gasteiger partial charge on any atom is 0.337 e. The molecule has 0 aliphatic carbocycles. The standard InChI is InChI=1S/C16H13NO5/c1-20-16(19)11-4-2-10(3-5-11)15(18)17-12-6-7-13-14(8-12)22-9-21-13/h2-8H,9H2,1H3,(H,17,18). The minimum absolute atomic E-state index is 0.182. The zero-order chi connectivity index (χ0) is 15.5. The van der Waals surface area contributed by atoms with Crippen LogP contribution in [0.15, 0.2) is 42.5 Å². The summed E-state index contributed by atoms with van der Waals surface area (Å²) in [5.74, 6) is 0.525. The first kappa shape index (κ1) is 13.9. The number of methoxy groups -OCH3 is 1. The number of hydrogen-bond donors (Lipinski definition) is 1. The highest BCUT2D eigenvalue weighted by Crippen LogP contribution is 2.34. The summed E-state index contributed by atoms with van der Waals surface area (Å²) in [7, 11) is 1.31. The van der Waals surface area contributed by atoms with Gasteiger partial charge < -0.3 is 19.5 Å². The SMILES string of the molecule is COC(=O)c1ccc(C(=O)Nc2ccc3c(c2)OCO3)cc1. The van der Waals surface area contributed by atoms with Gasteiger partial charge in [0.05, 0.1) is 12.7 Å². The molecule has 6 nitrogen and oxygen atoms in total. The zero-order valence-corrected chi connectivity index (χ0v) is 11.8. The molecule has 0 atom stereocenters. The first-order valence-electron chi connectivity index (χ1n) is 6.57. The molecular weight excluding hydrogens is 286 g/mol. The Bertz CT molecular complexity index is 724. The van der Waals surface area contributed by atoms with E-state index in [2.05, 4.69) is 10.1 Å². The van der Waals surface area contributed by atoms with Gasteiger partial charge in [-0.2, -0.15) is 0 Å². The number of benzene rings is 2. The molecule has 0 aromatic heterocycles. The molecule has 22 heavy (non-hydrogen) atoms. The van der Waals surface area contributed by atoms with Gasteiger partial charge in [-0.1, -0.05) is 0 Å². The molecule has 1 N–H and O–H groups in total. The number of hydrogen-bond acceptors (Lipinski definition) is 5. The average molecular weight is 299 g/mol. The third-order valence-corrected chi connectivity index (χ3v) is 3.20. The van der Waals surface area contributed by atoms with Crippen LogP contribution >= 0.6 is 0 Å². The Morgan fingerprint density at radius 3 is 2.41 bits per heavy atom. The van der Waals surface area contributed by atoms with Crippen LogP contribution in [0.1, 0.15) is 20.7 Å². The van der Waals surface area contributed by atoms with Gasteiger partial charge in [-0.25, -0.2) is 4.79 Å². The van der Waals surface area contributed by atoms with Gasteiger partial charge >= 0.3 is 5.97 Å². The number of ether oxygens (including phenoxy) is 3. The second kappa shape index (κ2) is 5.77.